The lowest BCUT2D eigenvalue weighted by Gasteiger charge is -2.16. The number of aliphatic imine (C=N–C) groups is 2. The van der Waals surface area contributed by atoms with E-state index in [9.17, 15) is 0 Å². The predicted molar refractivity (Wildman–Crippen MR) is 269 cm³/mol. The maximum absolute atomic E-state index is 6.70. The molecule has 3 aromatic heterocycles. The molecule has 1 aliphatic heterocycles. The van der Waals surface area contributed by atoms with Crippen LogP contribution >= 0.6 is 11.3 Å². The number of para-hydroxylation sites is 2. The van der Waals surface area contributed by atoms with Crippen molar-refractivity contribution in [3.63, 3.8) is 0 Å². The number of thiophene rings is 1. The zero-order valence-corrected chi connectivity index (χ0v) is 35.7. The molecule has 0 radical (unpaired) electrons. The Bertz CT molecular complexity index is 4050. The average Bonchev–Trinajstić information content (AvgIpc) is 3.58. The molecule has 4 heterocycles. The molecule has 1 atom stereocenters. The van der Waals surface area contributed by atoms with Crippen molar-refractivity contribution in [3.05, 3.63) is 216 Å². The van der Waals surface area contributed by atoms with Crippen molar-refractivity contribution in [2.24, 2.45) is 15.4 Å². The van der Waals surface area contributed by atoms with Gasteiger partial charge in [0.2, 0.25) is 0 Å². The molecule has 1 saturated carbocycles. The van der Waals surface area contributed by atoms with Gasteiger partial charge in [-0.25, -0.2) is 9.98 Å². The van der Waals surface area contributed by atoms with Gasteiger partial charge >= 0.3 is 0 Å². The first-order valence-corrected chi connectivity index (χ1v) is 22.8. The maximum Gasteiger partial charge on any atom is 0.160 e. The summed E-state index contributed by atoms with van der Waals surface area (Å²) in [4.78, 5) is 11.5. The number of nitrogens with zero attached hydrogens (tertiary/aromatic N) is 3. The number of benzene rings is 9. The van der Waals surface area contributed by atoms with E-state index in [1.54, 1.807) is 0 Å². The molecule has 300 valence electrons. The van der Waals surface area contributed by atoms with Crippen molar-refractivity contribution in [1.29, 1.82) is 0 Å². The van der Waals surface area contributed by atoms with Gasteiger partial charge in [-0.2, -0.15) is 0 Å². The maximum atomic E-state index is 6.70. The van der Waals surface area contributed by atoms with E-state index in [1.165, 1.54) is 58.4 Å². The van der Waals surface area contributed by atoms with Gasteiger partial charge in [0.15, 0.2) is 5.84 Å². The molecular weight excluding hydrogens is 799 g/mol. The molecular formula is C59H37N3OS. The minimum absolute atomic E-state index is 0.350. The number of hydrogen-bond donors (Lipinski definition) is 0. The molecule has 0 amide bonds. The standard InChI is InChI=1S/C59H37N3OS/c1-59-34-48(59)55(60-58(37-28-26-36(27-29-37)35-14-3-2-4-15-35)61-57(59)44-22-13-21-43-42-20-9-12-25-54(42)64-56(43)44)47-32-46-41-19-8-11-24-52(41)63-53(46)33-51(47)62-49-23-10-7-18-40(49)45-30-38-16-5-6-17-39(38)31-50(45)62/h2-33H,34H2,1H3/t59-/m1/s1. The van der Waals surface area contributed by atoms with E-state index in [4.69, 9.17) is 14.4 Å². The summed E-state index contributed by atoms with van der Waals surface area (Å²) in [5.74, 6) is 0.708. The Morgan fingerprint density at radius 2 is 1.19 bits per heavy atom. The van der Waals surface area contributed by atoms with E-state index in [-0.39, 0.29) is 5.41 Å². The van der Waals surface area contributed by atoms with Crippen LogP contribution in [0.3, 0.4) is 0 Å². The lowest BCUT2D eigenvalue weighted by atomic mass is 9.92. The van der Waals surface area contributed by atoms with Crippen molar-refractivity contribution < 1.29 is 4.42 Å². The van der Waals surface area contributed by atoms with Gasteiger partial charge in [-0.3, -0.25) is 0 Å². The summed E-state index contributed by atoms with van der Waals surface area (Å²) >= 11 is 1.86. The van der Waals surface area contributed by atoms with E-state index in [0.29, 0.717) is 5.84 Å². The van der Waals surface area contributed by atoms with Crippen molar-refractivity contribution in [2.75, 3.05) is 0 Å². The molecule has 1 aliphatic carbocycles. The van der Waals surface area contributed by atoms with Crippen LogP contribution < -0.4 is 0 Å². The van der Waals surface area contributed by atoms with Gasteiger partial charge in [-0.15, -0.1) is 11.3 Å². The second kappa shape index (κ2) is 13.3. The first-order chi connectivity index (χ1) is 31.6. The number of furan rings is 1. The van der Waals surface area contributed by atoms with E-state index >= 15 is 0 Å². The lowest BCUT2D eigenvalue weighted by Crippen LogP contribution is -2.16. The smallest absolute Gasteiger partial charge is 0.160 e. The molecule has 9 aromatic carbocycles. The van der Waals surface area contributed by atoms with E-state index in [1.807, 2.05) is 17.4 Å². The summed E-state index contributed by atoms with van der Waals surface area (Å²) in [5.41, 5.74) is 13.6. The fraction of sp³-hybridized carbons (Fsp3) is 0.0508. The van der Waals surface area contributed by atoms with Gasteiger partial charge < -0.3 is 8.98 Å². The largest absolute Gasteiger partial charge is 0.456 e. The molecule has 0 saturated heterocycles. The Labute approximate surface area is 372 Å². The molecule has 64 heavy (non-hydrogen) atoms. The molecule has 0 spiro atoms. The summed E-state index contributed by atoms with van der Waals surface area (Å²) in [6, 6.07) is 69.9. The number of allylic oxidation sites excluding steroid dienone is 1. The first-order valence-electron chi connectivity index (χ1n) is 21.9. The molecule has 0 N–H and O–H groups in total. The molecule has 2 aliphatic rings. The highest BCUT2D eigenvalue weighted by Crippen LogP contribution is 2.60. The molecule has 1 fully saturated rings. The number of hydrogen-bond acceptors (Lipinski definition) is 4. The van der Waals surface area contributed by atoms with Crippen LogP contribution in [0.5, 0.6) is 0 Å². The fourth-order valence-corrected chi connectivity index (χ4v) is 11.7. The highest BCUT2D eigenvalue weighted by Gasteiger charge is 2.53. The molecule has 14 rings (SSSR count). The Balaban J connectivity index is 1.07. The van der Waals surface area contributed by atoms with Crippen LogP contribution in [0.2, 0.25) is 0 Å². The van der Waals surface area contributed by atoms with Gasteiger partial charge in [0, 0.05) is 69.9 Å². The summed E-state index contributed by atoms with van der Waals surface area (Å²) in [7, 11) is 0. The molecule has 12 aromatic rings. The first kappa shape index (κ1) is 35.7. The SMILES string of the molecule is C[C@@]12CC1=C(c1cc3c(cc1-n1c4ccccc4c4cc5ccccc5cc41)oc1ccccc13)N=C(c1ccc(-c3ccccc3)cc1)N=C2c1cccc2c1sc1ccccc12. The number of rotatable bonds is 5. The predicted octanol–water partition coefficient (Wildman–Crippen LogP) is 15.9. The van der Waals surface area contributed by atoms with E-state index in [2.05, 4.69) is 200 Å². The summed E-state index contributed by atoms with van der Waals surface area (Å²) in [5, 5.41) is 9.55. The zero-order valence-electron chi connectivity index (χ0n) is 34.8. The van der Waals surface area contributed by atoms with Crippen LogP contribution in [-0.2, 0) is 0 Å². The van der Waals surface area contributed by atoms with Crippen LogP contribution in [-0.4, -0.2) is 16.1 Å². The van der Waals surface area contributed by atoms with Gasteiger partial charge in [-0.05, 0) is 77.2 Å². The lowest BCUT2D eigenvalue weighted by molar-refractivity contribution is 0.668. The summed E-state index contributed by atoms with van der Waals surface area (Å²) in [6.07, 6.45) is 0.855. The number of amidine groups is 1. The highest BCUT2D eigenvalue weighted by atomic mass is 32.1. The quantitative estimate of drug-likeness (QED) is 0.170. The van der Waals surface area contributed by atoms with Gasteiger partial charge in [-0.1, -0.05) is 152 Å². The third-order valence-corrected chi connectivity index (χ3v) is 15.0. The Hall–Kier alpha value is -7.86. The fourth-order valence-electron chi connectivity index (χ4n) is 10.4. The van der Waals surface area contributed by atoms with Crippen LogP contribution in [0.15, 0.2) is 214 Å². The topological polar surface area (TPSA) is 42.8 Å². The monoisotopic (exact) mass is 835 g/mol. The van der Waals surface area contributed by atoms with Crippen molar-refractivity contribution in [3.8, 4) is 16.8 Å². The van der Waals surface area contributed by atoms with Crippen LogP contribution in [0.1, 0.15) is 30.0 Å². The third-order valence-electron chi connectivity index (χ3n) is 13.8. The summed E-state index contributed by atoms with van der Waals surface area (Å²) in [6.45, 7) is 2.38. The average molecular weight is 836 g/mol. The van der Waals surface area contributed by atoms with E-state index in [0.717, 1.165) is 73.2 Å². The van der Waals surface area contributed by atoms with Crippen molar-refractivity contribution >= 4 is 103 Å². The Morgan fingerprint density at radius 3 is 2.05 bits per heavy atom. The second-order valence-corrected chi connectivity index (χ2v) is 18.5. The van der Waals surface area contributed by atoms with Gasteiger partial charge in [0.1, 0.15) is 11.2 Å². The minimum Gasteiger partial charge on any atom is -0.456 e. The number of aromatic nitrogens is 1. The Morgan fingerprint density at radius 1 is 0.500 bits per heavy atom. The summed E-state index contributed by atoms with van der Waals surface area (Å²) < 4.78 is 11.7. The normalized spacial score (nSPS) is 16.3. The third kappa shape index (κ3) is 5.22. The van der Waals surface area contributed by atoms with Gasteiger partial charge in [0.05, 0.1) is 28.1 Å². The highest BCUT2D eigenvalue weighted by molar-refractivity contribution is 7.26. The molecule has 0 bridgehead atoms. The van der Waals surface area contributed by atoms with Crippen molar-refractivity contribution in [1.82, 2.24) is 4.57 Å². The minimum atomic E-state index is -0.350. The van der Waals surface area contributed by atoms with Crippen LogP contribution in [0.4, 0.5) is 0 Å². The zero-order chi connectivity index (χ0) is 42.1. The second-order valence-electron chi connectivity index (χ2n) is 17.5. The number of fused-ring (bicyclic) bond motifs is 11. The Kier molecular flexibility index (Phi) is 7.43. The molecule has 5 heteroatoms. The molecule has 0 unspecified atom stereocenters. The van der Waals surface area contributed by atoms with Crippen LogP contribution in [0, 0.1) is 5.41 Å². The molecule has 4 nitrogen and oxygen atoms in total. The van der Waals surface area contributed by atoms with Crippen LogP contribution in [0.25, 0.3) is 97.2 Å². The van der Waals surface area contributed by atoms with E-state index < -0.39 is 0 Å². The van der Waals surface area contributed by atoms with Crippen molar-refractivity contribution in [2.45, 2.75) is 13.3 Å². The van der Waals surface area contributed by atoms with Gasteiger partial charge in [0.25, 0.3) is 0 Å².